The van der Waals surface area contributed by atoms with Crippen molar-refractivity contribution in [3.05, 3.63) is 41.7 Å². The van der Waals surface area contributed by atoms with Crippen LogP contribution in [0.15, 0.2) is 36.1 Å². The molecule has 0 spiro atoms. The number of methoxy groups -OCH3 is 1. The minimum absolute atomic E-state index is 0.0150. The molecular weight excluding hydrogens is 280 g/mol. The SMILES string of the molecule is COC1=CC(=O)C2C(C1=O)[C@@H]1c3ccccc3OC(C)(C)[C@H]21. The van der Waals surface area contributed by atoms with Gasteiger partial charge in [0.15, 0.2) is 11.5 Å². The molecule has 1 aromatic carbocycles. The Hall–Kier alpha value is -2.10. The zero-order valence-corrected chi connectivity index (χ0v) is 12.8. The Kier molecular flexibility index (Phi) is 2.60. The second-order valence-electron chi connectivity index (χ2n) is 6.83. The Labute approximate surface area is 129 Å². The maximum absolute atomic E-state index is 12.7. The highest BCUT2D eigenvalue weighted by atomic mass is 16.5. The normalized spacial score (nSPS) is 34.4. The molecule has 0 bridgehead atoms. The first-order valence-corrected chi connectivity index (χ1v) is 7.57. The van der Waals surface area contributed by atoms with Crippen LogP contribution in [0.5, 0.6) is 5.75 Å². The first-order valence-electron chi connectivity index (χ1n) is 7.57. The van der Waals surface area contributed by atoms with E-state index in [9.17, 15) is 9.59 Å². The molecule has 3 aliphatic rings. The Morgan fingerprint density at radius 3 is 2.55 bits per heavy atom. The minimum atomic E-state index is -0.464. The first-order chi connectivity index (χ1) is 10.5. The van der Waals surface area contributed by atoms with E-state index >= 15 is 0 Å². The van der Waals surface area contributed by atoms with Gasteiger partial charge in [-0.3, -0.25) is 9.59 Å². The van der Waals surface area contributed by atoms with E-state index in [1.807, 2.05) is 38.1 Å². The van der Waals surface area contributed by atoms with Crippen LogP contribution < -0.4 is 4.74 Å². The number of carbonyl (C=O) groups is 2. The number of carbonyl (C=O) groups excluding carboxylic acids is 2. The third-order valence-electron chi connectivity index (χ3n) is 5.37. The van der Waals surface area contributed by atoms with Crippen molar-refractivity contribution >= 4 is 11.6 Å². The van der Waals surface area contributed by atoms with Gasteiger partial charge < -0.3 is 9.47 Å². The Morgan fingerprint density at radius 2 is 1.82 bits per heavy atom. The van der Waals surface area contributed by atoms with Crippen LogP contribution in [0.25, 0.3) is 0 Å². The molecule has 4 rings (SSSR count). The van der Waals surface area contributed by atoms with Crippen LogP contribution in [0.2, 0.25) is 0 Å². The molecule has 4 atom stereocenters. The van der Waals surface area contributed by atoms with E-state index in [0.29, 0.717) is 0 Å². The van der Waals surface area contributed by atoms with Crippen LogP contribution >= 0.6 is 0 Å². The minimum Gasteiger partial charge on any atom is -0.493 e. The fraction of sp³-hybridized carbons (Fsp3) is 0.444. The average Bonchev–Trinajstić information content (AvgIpc) is 2.43. The van der Waals surface area contributed by atoms with Gasteiger partial charge in [-0.2, -0.15) is 0 Å². The van der Waals surface area contributed by atoms with Crippen LogP contribution in [-0.4, -0.2) is 24.3 Å². The number of ketones is 2. The summed E-state index contributed by atoms with van der Waals surface area (Å²) in [5.74, 6) is 0.382. The summed E-state index contributed by atoms with van der Waals surface area (Å²) < 4.78 is 11.2. The fourth-order valence-electron chi connectivity index (χ4n) is 4.50. The number of para-hydroxylation sites is 1. The molecule has 0 aromatic heterocycles. The van der Waals surface area contributed by atoms with Crippen molar-refractivity contribution in [1.29, 1.82) is 0 Å². The largest absolute Gasteiger partial charge is 0.493 e. The maximum Gasteiger partial charge on any atom is 0.201 e. The fourth-order valence-corrected chi connectivity index (χ4v) is 4.50. The predicted molar refractivity (Wildman–Crippen MR) is 79.5 cm³/mol. The molecule has 1 aromatic rings. The summed E-state index contributed by atoms with van der Waals surface area (Å²) in [5, 5.41) is 0. The standard InChI is InChI=1S/C18H18O4/c1-18(2)16-13(9-6-4-5-7-11(9)22-18)15-14(16)10(19)8-12(21-3)17(15)20/h4-8,13-16H,1-3H3/t13-,14?,15?,16-/m0/s1. The van der Waals surface area contributed by atoms with Crippen molar-refractivity contribution in [2.75, 3.05) is 7.11 Å². The van der Waals surface area contributed by atoms with E-state index < -0.39 is 5.60 Å². The van der Waals surface area contributed by atoms with E-state index in [1.165, 1.54) is 13.2 Å². The molecule has 2 unspecified atom stereocenters. The number of Topliss-reactive ketones (excluding diaryl/α,β-unsaturated/α-hetero) is 1. The van der Waals surface area contributed by atoms with Crippen LogP contribution in [-0.2, 0) is 14.3 Å². The zero-order chi connectivity index (χ0) is 15.6. The van der Waals surface area contributed by atoms with Crippen molar-refractivity contribution in [2.24, 2.45) is 17.8 Å². The number of ether oxygens (including phenoxy) is 2. The molecule has 1 heterocycles. The van der Waals surface area contributed by atoms with Crippen molar-refractivity contribution < 1.29 is 19.1 Å². The van der Waals surface area contributed by atoms with E-state index in [4.69, 9.17) is 9.47 Å². The van der Waals surface area contributed by atoms with Gasteiger partial charge >= 0.3 is 0 Å². The van der Waals surface area contributed by atoms with Crippen LogP contribution in [0.3, 0.4) is 0 Å². The monoisotopic (exact) mass is 298 g/mol. The van der Waals surface area contributed by atoms with Gasteiger partial charge in [-0.15, -0.1) is 0 Å². The molecule has 0 saturated heterocycles. The van der Waals surface area contributed by atoms with Gasteiger partial charge in [0.2, 0.25) is 5.78 Å². The van der Waals surface area contributed by atoms with Crippen molar-refractivity contribution in [3.63, 3.8) is 0 Å². The maximum atomic E-state index is 12.7. The molecule has 4 nitrogen and oxygen atoms in total. The van der Waals surface area contributed by atoms with E-state index in [0.717, 1.165) is 11.3 Å². The summed E-state index contributed by atoms with van der Waals surface area (Å²) in [6.07, 6.45) is 1.36. The molecule has 1 saturated carbocycles. The highest BCUT2D eigenvalue weighted by molar-refractivity contribution is 6.11. The summed E-state index contributed by atoms with van der Waals surface area (Å²) in [6, 6.07) is 7.82. The predicted octanol–water partition coefficient (Wildman–Crippen LogP) is 2.49. The third-order valence-corrected chi connectivity index (χ3v) is 5.37. The average molecular weight is 298 g/mol. The number of hydrogen-bond acceptors (Lipinski definition) is 4. The molecule has 0 amide bonds. The van der Waals surface area contributed by atoms with Crippen LogP contribution in [0, 0.1) is 17.8 Å². The number of allylic oxidation sites excluding steroid dienone is 2. The molecule has 114 valence electrons. The van der Waals surface area contributed by atoms with Gasteiger partial charge in [0, 0.05) is 29.7 Å². The number of rotatable bonds is 1. The molecule has 22 heavy (non-hydrogen) atoms. The molecule has 2 aliphatic carbocycles. The first kappa shape index (κ1) is 13.6. The lowest BCUT2D eigenvalue weighted by atomic mass is 9.46. The number of hydrogen-bond donors (Lipinski definition) is 0. The second-order valence-corrected chi connectivity index (χ2v) is 6.83. The van der Waals surface area contributed by atoms with Crippen molar-refractivity contribution in [3.8, 4) is 5.75 Å². The Balaban J connectivity index is 1.86. The van der Waals surface area contributed by atoms with Crippen molar-refractivity contribution in [1.82, 2.24) is 0 Å². The quantitative estimate of drug-likeness (QED) is 0.799. The smallest absolute Gasteiger partial charge is 0.201 e. The van der Waals surface area contributed by atoms with Crippen LogP contribution in [0.1, 0.15) is 25.3 Å². The van der Waals surface area contributed by atoms with Gasteiger partial charge in [0.1, 0.15) is 11.4 Å². The lowest BCUT2D eigenvalue weighted by molar-refractivity contribution is -0.162. The topological polar surface area (TPSA) is 52.6 Å². The van der Waals surface area contributed by atoms with E-state index in [1.54, 1.807) is 0 Å². The lowest BCUT2D eigenvalue weighted by Crippen LogP contribution is -2.64. The Morgan fingerprint density at radius 1 is 1.09 bits per heavy atom. The third kappa shape index (κ3) is 1.52. The summed E-state index contributed by atoms with van der Waals surface area (Å²) in [7, 11) is 1.44. The highest BCUT2D eigenvalue weighted by Crippen LogP contribution is 2.63. The molecular formula is C18H18O4. The van der Waals surface area contributed by atoms with Crippen LogP contribution in [0.4, 0.5) is 0 Å². The summed E-state index contributed by atoms with van der Waals surface area (Å²) in [4.78, 5) is 25.1. The van der Waals surface area contributed by atoms with Gasteiger partial charge in [0.05, 0.1) is 7.11 Å². The summed E-state index contributed by atoms with van der Waals surface area (Å²) in [6.45, 7) is 4.01. The van der Waals surface area contributed by atoms with Crippen molar-refractivity contribution in [2.45, 2.75) is 25.4 Å². The highest BCUT2D eigenvalue weighted by Gasteiger charge is 2.66. The van der Waals surface area contributed by atoms with Gasteiger partial charge in [-0.1, -0.05) is 18.2 Å². The second kappa shape index (κ2) is 4.22. The molecule has 4 heteroatoms. The van der Waals surface area contributed by atoms with Gasteiger partial charge in [-0.05, 0) is 25.5 Å². The molecule has 1 aliphatic heterocycles. The lowest BCUT2D eigenvalue weighted by Gasteiger charge is -2.60. The summed E-state index contributed by atoms with van der Waals surface area (Å²) >= 11 is 0. The van der Waals surface area contributed by atoms with E-state index in [2.05, 4.69) is 0 Å². The molecule has 0 radical (unpaired) electrons. The zero-order valence-electron chi connectivity index (χ0n) is 12.8. The summed E-state index contributed by atoms with van der Waals surface area (Å²) in [5.41, 5.74) is 0.570. The molecule has 1 fully saturated rings. The van der Waals surface area contributed by atoms with Gasteiger partial charge in [0.25, 0.3) is 0 Å². The number of benzene rings is 1. The number of fused-ring (bicyclic) bond motifs is 6. The Bertz CT molecular complexity index is 716. The molecule has 0 N–H and O–H groups in total. The van der Waals surface area contributed by atoms with Gasteiger partial charge in [-0.25, -0.2) is 0 Å². The van der Waals surface area contributed by atoms with E-state index in [-0.39, 0.29) is 41.0 Å².